The Morgan fingerprint density at radius 1 is 1.43 bits per heavy atom. The topological polar surface area (TPSA) is 135 Å². The van der Waals surface area contributed by atoms with Gasteiger partial charge in [-0.15, -0.1) is 5.11 Å². The first-order valence-electron chi connectivity index (χ1n) is 6.09. The summed E-state index contributed by atoms with van der Waals surface area (Å²) in [6.07, 6.45) is 0.420. The fraction of sp³-hybridized carbons (Fsp3) is 0.214. The van der Waals surface area contributed by atoms with Crippen LogP contribution >= 0.6 is 0 Å². The number of carbonyl (C=O) groups is 2. The van der Waals surface area contributed by atoms with Crippen LogP contribution in [-0.2, 0) is 16.1 Å². The lowest BCUT2D eigenvalue weighted by Gasteiger charge is -2.04. The van der Waals surface area contributed by atoms with Crippen molar-refractivity contribution in [1.82, 2.24) is 0 Å². The molecule has 0 radical (unpaired) electrons. The Labute approximate surface area is 122 Å². The van der Waals surface area contributed by atoms with Crippen LogP contribution in [0.3, 0.4) is 0 Å². The van der Waals surface area contributed by atoms with E-state index in [4.69, 9.17) is 16.7 Å². The Balaban J connectivity index is 3.10. The van der Waals surface area contributed by atoms with Crippen molar-refractivity contribution in [3.05, 3.63) is 41.1 Å². The molecule has 0 bridgehead atoms. The monoisotopic (exact) mass is 285 g/mol. The zero-order valence-corrected chi connectivity index (χ0v) is 11.5. The van der Waals surface area contributed by atoms with Crippen molar-refractivity contribution in [2.45, 2.75) is 13.5 Å². The fourth-order valence-corrected chi connectivity index (χ4v) is 1.51. The van der Waals surface area contributed by atoms with E-state index in [1.165, 1.54) is 6.92 Å². The zero-order chi connectivity index (χ0) is 15.8. The second kappa shape index (κ2) is 7.67. The summed E-state index contributed by atoms with van der Waals surface area (Å²) < 4.78 is 0. The average molecular weight is 285 g/mol. The number of allylic oxidation sites excluding steroid dienone is 1. The normalized spacial score (nSPS) is 13.4. The third-order valence-electron chi connectivity index (χ3n) is 2.79. The van der Waals surface area contributed by atoms with Gasteiger partial charge in [-0.2, -0.15) is 10.4 Å². The number of azo groups is 1. The van der Waals surface area contributed by atoms with Gasteiger partial charge in [-0.05, 0) is 30.2 Å². The van der Waals surface area contributed by atoms with E-state index in [-0.39, 0.29) is 11.3 Å². The van der Waals surface area contributed by atoms with E-state index in [0.717, 1.165) is 5.56 Å². The highest BCUT2D eigenvalue weighted by atomic mass is 16.1. The molecule has 1 amide bonds. The van der Waals surface area contributed by atoms with Crippen LogP contribution in [0.4, 0.5) is 5.69 Å². The van der Waals surface area contributed by atoms with Gasteiger partial charge in [-0.3, -0.25) is 4.79 Å². The SMILES string of the molecule is C/C(=C(\N=Nc1ccc(CN)cc1)C(N)=O)C(C#N)C=O. The van der Waals surface area contributed by atoms with E-state index in [0.29, 0.717) is 18.5 Å². The van der Waals surface area contributed by atoms with Crippen LogP contribution in [0, 0.1) is 17.2 Å². The molecule has 0 fully saturated rings. The number of hydrogen-bond acceptors (Lipinski definition) is 6. The maximum Gasteiger partial charge on any atom is 0.269 e. The van der Waals surface area contributed by atoms with Crippen LogP contribution in [0.1, 0.15) is 12.5 Å². The van der Waals surface area contributed by atoms with Crippen molar-refractivity contribution in [3.63, 3.8) is 0 Å². The third-order valence-corrected chi connectivity index (χ3v) is 2.79. The number of aldehydes is 1. The molecule has 4 N–H and O–H groups in total. The van der Waals surface area contributed by atoms with Crippen LogP contribution in [-0.4, -0.2) is 12.2 Å². The van der Waals surface area contributed by atoms with Gasteiger partial charge in [-0.25, -0.2) is 0 Å². The van der Waals surface area contributed by atoms with E-state index in [2.05, 4.69) is 10.2 Å². The summed E-state index contributed by atoms with van der Waals surface area (Å²) in [5.41, 5.74) is 12.1. The number of nitriles is 1. The minimum Gasteiger partial charge on any atom is -0.364 e. The van der Waals surface area contributed by atoms with Gasteiger partial charge in [0.05, 0.1) is 11.8 Å². The maximum atomic E-state index is 11.4. The lowest BCUT2D eigenvalue weighted by atomic mass is 10.0. The van der Waals surface area contributed by atoms with Crippen molar-refractivity contribution in [1.29, 1.82) is 5.26 Å². The minimum atomic E-state index is -1.08. The van der Waals surface area contributed by atoms with E-state index in [1.807, 2.05) is 0 Å². The van der Waals surface area contributed by atoms with Gasteiger partial charge < -0.3 is 16.3 Å². The number of rotatable bonds is 6. The summed E-state index contributed by atoms with van der Waals surface area (Å²) in [5, 5.41) is 16.4. The Morgan fingerprint density at radius 2 is 2.05 bits per heavy atom. The molecule has 0 aliphatic rings. The number of nitrogens with zero attached hydrogens (tertiary/aromatic N) is 3. The standard InChI is InChI=1S/C14H15N5O2/c1-9(11(7-16)8-20)13(14(17)21)19-18-12-4-2-10(6-15)3-5-12/h2-5,8,11H,6,15H2,1H3,(H2,17,21)/b13-9+,19-18?. The first-order valence-corrected chi connectivity index (χ1v) is 6.09. The largest absolute Gasteiger partial charge is 0.364 e. The zero-order valence-electron chi connectivity index (χ0n) is 11.5. The quantitative estimate of drug-likeness (QED) is 0.463. The van der Waals surface area contributed by atoms with Gasteiger partial charge in [0, 0.05) is 6.54 Å². The van der Waals surface area contributed by atoms with Crippen LogP contribution < -0.4 is 11.5 Å². The molecule has 0 saturated heterocycles. The predicted molar refractivity (Wildman–Crippen MR) is 75.9 cm³/mol. The molecule has 1 aromatic carbocycles. The van der Waals surface area contributed by atoms with Crippen molar-refractivity contribution in [2.75, 3.05) is 0 Å². The highest BCUT2D eigenvalue weighted by Crippen LogP contribution is 2.18. The molecule has 1 atom stereocenters. The minimum absolute atomic E-state index is 0.169. The van der Waals surface area contributed by atoms with E-state index >= 15 is 0 Å². The Bertz CT molecular complexity index is 626. The average Bonchev–Trinajstić information content (AvgIpc) is 2.49. The summed E-state index contributed by atoms with van der Waals surface area (Å²) >= 11 is 0. The van der Waals surface area contributed by atoms with Crippen LogP contribution in [0.2, 0.25) is 0 Å². The Morgan fingerprint density at radius 3 is 2.48 bits per heavy atom. The molecule has 1 aromatic rings. The van der Waals surface area contributed by atoms with Gasteiger partial charge in [-0.1, -0.05) is 12.1 Å². The molecule has 108 valence electrons. The molecule has 0 heterocycles. The summed E-state index contributed by atoms with van der Waals surface area (Å²) in [5.74, 6) is -1.93. The Kier molecular flexibility index (Phi) is 5.92. The van der Waals surface area contributed by atoms with E-state index < -0.39 is 11.8 Å². The predicted octanol–water partition coefficient (Wildman–Crippen LogP) is 1.33. The smallest absolute Gasteiger partial charge is 0.269 e. The molecule has 0 spiro atoms. The second-order valence-corrected chi connectivity index (χ2v) is 4.21. The van der Waals surface area contributed by atoms with Crippen molar-refractivity contribution in [3.8, 4) is 6.07 Å². The third kappa shape index (κ3) is 4.33. The number of hydrogen-bond donors (Lipinski definition) is 2. The molecule has 7 nitrogen and oxygen atoms in total. The lowest BCUT2D eigenvalue weighted by molar-refractivity contribution is -0.114. The molecule has 1 rings (SSSR count). The lowest BCUT2D eigenvalue weighted by Crippen LogP contribution is -2.16. The maximum absolute atomic E-state index is 11.4. The molecule has 21 heavy (non-hydrogen) atoms. The van der Waals surface area contributed by atoms with Crippen LogP contribution in [0.5, 0.6) is 0 Å². The molecule has 0 aliphatic carbocycles. The first-order chi connectivity index (χ1) is 10.0. The van der Waals surface area contributed by atoms with Gasteiger partial charge in [0.1, 0.15) is 12.2 Å². The molecular weight excluding hydrogens is 270 g/mol. The van der Waals surface area contributed by atoms with Crippen LogP contribution in [0.15, 0.2) is 45.8 Å². The fourth-order valence-electron chi connectivity index (χ4n) is 1.51. The van der Waals surface area contributed by atoms with Crippen molar-refractivity contribution < 1.29 is 9.59 Å². The van der Waals surface area contributed by atoms with Crippen LogP contribution in [0.25, 0.3) is 0 Å². The molecule has 0 aliphatic heterocycles. The number of primary amides is 1. The number of amides is 1. The Hall–Kier alpha value is -2.85. The number of benzene rings is 1. The summed E-state index contributed by atoms with van der Waals surface area (Å²) in [6, 6.07) is 8.67. The van der Waals surface area contributed by atoms with Gasteiger partial charge in [0.15, 0.2) is 5.70 Å². The highest BCUT2D eigenvalue weighted by Gasteiger charge is 2.17. The molecular formula is C14H15N5O2. The summed E-state index contributed by atoms with van der Waals surface area (Å²) in [6.45, 7) is 1.85. The number of nitrogens with two attached hydrogens (primary N) is 2. The van der Waals surface area contributed by atoms with Gasteiger partial charge in [0.25, 0.3) is 5.91 Å². The second-order valence-electron chi connectivity index (χ2n) is 4.21. The first kappa shape index (κ1) is 16.2. The van der Waals surface area contributed by atoms with Crippen molar-refractivity contribution in [2.24, 2.45) is 27.6 Å². The van der Waals surface area contributed by atoms with E-state index in [1.54, 1.807) is 30.3 Å². The summed E-state index contributed by atoms with van der Waals surface area (Å²) in [7, 11) is 0. The van der Waals surface area contributed by atoms with Gasteiger partial charge in [0.2, 0.25) is 0 Å². The number of carbonyl (C=O) groups excluding carboxylic acids is 2. The van der Waals surface area contributed by atoms with Gasteiger partial charge >= 0.3 is 0 Å². The molecule has 0 aromatic heterocycles. The molecule has 1 unspecified atom stereocenters. The highest BCUT2D eigenvalue weighted by molar-refractivity contribution is 5.93. The summed E-state index contributed by atoms with van der Waals surface area (Å²) in [4.78, 5) is 22.1. The molecule has 7 heteroatoms. The van der Waals surface area contributed by atoms with Crippen molar-refractivity contribution >= 4 is 17.9 Å². The van der Waals surface area contributed by atoms with E-state index in [9.17, 15) is 9.59 Å². The molecule has 0 saturated carbocycles.